The Morgan fingerprint density at radius 2 is 1.80 bits per heavy atom. The molecule has 1 amide bonds. The summed E-state index contributed by atoms with van der Waals surface area (Å²) in [6, 6.07) is 0. The van der Waals surface area contributed by atoms with Gasteiger partial charge in [0.2, 0.25) is 5.91 Å². The van der Waals surface area contributed by atoms with E-state index < -0.39 is 11.1 Å². The molecule has 4 N–H and O–H groups in total. The lowest BCUT2D eigenvalue weighted by molar-refractivity contribution is -0.124. The van der Waals surface area contributed by atoms with Crippen LogP contribution in [0.1, 0.15) is 47.0 Å². The number of hydrogen-bond acceptors (Lipinski definition) is 3. The number of carbonyl (C=O) groups is 1. The van der Waals surface area contributed by atoms with E-state index in [4.69, 9.17) is 5.73 Å². The molecule has 0 heterocycles. The van der Waals surface area contributed by atoms with Crippen LogP contribution in [0.5, 0.6) is 0 Å². The lowest BCUT2D eigenvalue weighted by Gasteiger charge is -2.32. The Bertz CT molecular complexity index is 197. The third kappa shape index (κ3) is 5.14. The van der Waals surface area contributed by atoms with Gasteiger partial charge < -0.3 is 16.2 Å². The first-order valence-electron chi connectivity index (χ1n) is 5.49. The van der Waals surface area contributed by atoms with Crippen LogP contribution in [0.25, 0.3) is 0 Å². The van der Waals surface area contributed by atoms with E-state index in [0.29, 0.717) is 0 Å². The van der Waals surface area contributed by atoms with Crippen molar-refractivity contribution in [3.63, 3.8) is 0 Å². The van der Waals surface area contributed by atoms with Crippen molar-refractivity contribution in [3.05, 3.63) is 0 Å². The van der Waals surface area contributed by atoms with Crippen molar-refractivity contribution >= 4 is 5.91 Å². The zero-order chi connectivity index (χ0) is 12.1. The molecule has 4 heteroatoms. The number of carbonyl (C=O) groups excluding carboxylic acids is 1. The van der Waals surface area contributed by atoms with Crippen molar-refractivity contribution in [2.24, 2.45) is 5.73 Å². The molecule has 0 aliphatic carbocycles. The quantitative estimate of drug-likeness (QED) is 0.614. The van der Waals surface area contributed by atoms with Gasteiger partial charge >= 0.3 is 0 Å². The molecule has 0 spiro atoms. The highest BCUT2D eigenvalue weighted by Gasteiger charge is 2.28. The van der Waals surface area contributed by atoms with Gasteiger partial charge in [0, 0.05) is 12.0 Å². The fourth-order valence-electron chi connectivity index (χ4n) is 1.44. The number of nitrogens with two attached hydrogens (primary N) is 1. The molecular weight excluding hydrogens is 192 g/mol. The SMILES string of the molecule is CCC(CC)(CO)NC(=O)CC(C)(C)N. The number of hydrogen-bond donors (Lipinski definition) is 3. The van der Waals surface area contributed by atoms with Crippen LogP contribution in [-0.4, -0.2) is 28.7 Å². The van der Waals surface area contributed by atoms with Crippen LogP contribution >= 0.6 is 0 Å². The van der Waals surface area contributed by atoms with Crippen LogP contribution in [0, 0.1) is 0 Å². The van der Waals surface area contributed by atoms with Gasteiger partial charge in [0.25, 0.3) is 0 Å². The smallest absolute Gasteiger partial charge is 0.222 e. The first kappa shape index (κ1) is 14.4. The van der Waals surface area contributed by atoms with Crippen LogP contribution in [0.15, 0.2) is 0 Å². The van der Waals surface area contributed by atoms with Crippen molar-refractivity contribution in [1.82, 2.24) is 5.32 Å². The highest BCUT2D eigenvalue weighted by molar-refractivity contribution is 5.77. The topological polar surface area (TPSA) is 75.3 Å². The van der Waals surface area contributed by atoms with Gasteiger partial charge in [0.15, 0.2) is 0 Å². The molecule has 0 aromatic rings. The molecule has 0 unspecified atom stereocenters. The molecule has 0 atom stereocenters. The average molecular weight is 216 g/mol. The number of nitrogens with one attached hydrogen (secondary N) is 1. The summed E-state index contributed by atoms with van der Waals surface area (Å²) in [5.74, 6) is -0.0970. The summed E-state index contributed by atoms with van der Waals surface area (Å²) < 4.78 is 0. The molecule has 0 saturated carbocycles. The number of aliphatic hydroxyl groups excluding tert-OH is 1. The van der Waals surface area contributed by atoms with Crippen LogP contribution in [0.2, 0.25) is 0 Å². The highest BCUT2D eigenvalue weighted by atomic mass is 16.3. The number of rotatable bonds is 6. The fourth-order valence-corrected chi connectivity index (χ4v) is 1.44. The molecule has 0 aliphatic heterocycles. The Kier molecular flexibility index (Phi) is 5.24. The van der Waals surface area contributed by atoms with Crippen molar-refractivity contribution in [2.45, 2.75) is 58.0 Å². The van der Waals surface area contributed by atoms with Crippen molar-refractivity contribution in [1.29, 1.82) is 0 Å². The van der Waals surface area contributed by atoms with Gasteiger partial charge in [-0.05, 0) is 26.7 Å². The second-order valence-electron chi connectivity index (χ2n) is 4.86. The van der Waals surface area contributed by atoms with E-state index in [0.717, 1.165) is 12.8 Å². The maximum Gasteiger partial charge on any atom is 0.222 e. The van der Waals surface area contributed by atoms with Crippen molar-refractivity contribution in [2.75, 3.05) is 6.61 Å². The summed E-state index contributed by atoms with van der Waals surface area (Å²) >= 11 is 0. The number of amides is 1. The molecular formula is C11H24N2O2. The van der Waals surface area contributed by atoms with Crippen molar-refractivity contribution < 1.29 is 9.90 Å². The predicted octanol–water partition coefficient (Wildman–Crippen LogP) is 0.781. The molecule has 0 fully saturated rings. The largest absolute Gasteiger partial charge is 0.394 e. The van der Waals surface area contributed by atoms with E-state index >= 15 is 0 Å². The van der Waals surface area contributed by atoms with E-state index in [1.165, 1.54) is 0 Å². The normalized spacial score (nSPS) is 12.7. The van der Waals surface area contributed by atoms with E-state index in [1.54, 1.807) is 0 Å². The third-order valence-electron chi connectivity index (χ3n) is 2.68. The average Bonchev–Trinajstić information content (AvgIpc) is 2.11. The summed E-state index contributed by atoms with van der Waals surface area (Å²) in [7, 11) is 0. The summed E-state index contributed by atoms with van der Waals surface area (Å²) in [5.41, 5.74) is 4.77. The van der Waals surface area contributed by atoms with E-state index in [2.05, 4.69) is 5.32 Å². The molecule has 0 radical (unpaired) electrons. The van der Waals surface area contributed by atoms with E-state index in [-0.39, 0.29) is 18.9 Å². The zero-order valence-corrected chi connectivity index (χ0v) is 10.3. The van der Waals surface area contributed by atoms with Gasteiger partial charge in [-0.3, -0.25) is 4.79 Å². The Labute approximate surface area is 92.2 Å². The zero-order valence-electron chi connectivity index (χ0n) is 10.3. The third-order valence-corrected chi connectivity index (χ3v) is 2.68. The fraction of sp³-hybridized carbons (Fsp3) is 0.909. The second kappa shape index (κ2) is 5.47. The molecule has 0 aliphatic rings. The highest BCUT2D eigenvalue weighted by Crippen LogP contribution is 2.15. The number of aliphatic hydroxyl groups is 1. The van der Waals surface area contributed by atoms with Crippen LogP contribution < -0.4 is 11.1 Å². The molecule has 0 saturated heterocycles. The minimum atomic E-state index is -0.507. The summed E-state index contributed by atoms with van der Waals surface area (Å²) in [6.07, 6.45) is 1.71. The predicted molar refractivity (Wildman–Crippen MR) is 61.4 cm³/mol. The van der Waals surface area contributed by atoms with E-state index in [1.807, 2.05) is 27.7 Å². The molecule has 4 nitrogen and oxygen atoms in total. The maximum absolute atomic E-state index is 11.6. The monoisotopic (exact) mass is 216 g/mol. The lowest BCUT2D eigenvalue weighted by Crippen LogP contribution is -2.52. The lowest BCUT2D eigenvalue weighted by atomic mass is 9.92. The summed E-state index contributed by atoms with van der Waals surface area (Å²) in [4.78, 5) is 11.6. The first-order chi connectivity index (χ1) is 6.78. The molecule has 0 bridgehead atoms. The van der Waals surface area contributed by atoms with E-state index in [9.17, 15) is 9.90 Å². The van der Waals surface area contributed by atoms with Gasteiger partial charge in [0.1, 0.15) is 0 Å². The molecule has 90 valence electrons. The Balaban J connectivity index is 4.36. The van der Waals surface area contributed by atoms with Crippen LogP contribution in [-0.2, 0) is 4.79 Å². The molecule has 0 aromatic heterocycles. The second-order valence-corrected chi connectivity index (χ2v) is 4.86. The minimum Gasteiger partial charge on any atom is -0.394 e. The van der Waals surface area contributed by atoms with Crippen LogP contribution in [0.3, 0.4) is 0 Å². The van der Waals surface area contributed by atoms with Crippen molar-refractivity contribution in [3.8, 4) is 0 Å². The maximum atomic E-state index is 11.6. The Hall–Kier alpha value is -0.610. The standard InChI is InChI=1S/C11H24N2O2/c1-5-11(6-2,8-14)13-9(15)7-10(3,4)12/h14H,5-8,12H2,1-4H3,(H,13,15). The van der Waals surface area contributed by atoms with Gasteiger partial charge in [-0.2, -0.15) is 0 Å². The summed E-state index contributed by atoms with van der Waals surface area (Å²) in [6.45, 7) is 7.49. The molecule has 15 heavy (non-hydrogen) atoms. The minimum absolute atomic E-state index is 0.0310. The Morgan fingerprint density at radius 3 is 2.07 bits per heavy atom. The Morgan fingerprint density at radius 1 is 1.33 bits per heavy atom. The van der Waals surface area contributed by atoms with Gasteiger partial charge in [-0.15, -0.1) is 0 Å². The van der Waals surface area contributed by atoms with Gasteiger partial charge in [0.05, 0.1) is 12.1 Å². The molecule has 0 rings (SSSR count). The first-order valence-corrected chi connectivity index (χ1v) is 5.49. The van der Waals surface area contributed by atoms with Crippen LogP contribution in [0.4, 0.5) is 0 Å². The molecule has 0 aromatic carbocycles. The summed E-state index contributed by atoms with van der Waals surface area (Å²) in [5, 5.41) is 12.1. The van der Waals surface area contributed by atoms with Gasteiger partial charge in [-0.25, -0.2) is 0 Å². The van der Waals surface area contributed by atoms with Gasteiger partial charge in [-0.1, -0.05) is 13.8 Å².